The van der Waals surface area contributed by atoms with E-state index in [9.17, 15) is 34.8 Å². The molecular formula is C29H38N4O7. The number of phenols is 1. The highest BCUT2D eigenvalue weighted by molar-refractivity contribution is 6.25. The highest BCUT2D eigenvalue weighted by atomic mass is 16.3. The van der Waals surface area contributed by atoms with Crippen molar-refractivity contribution in [2.24, 2.45) is 17.6 Å². The van der Waals surface area contributed by atoms with E-state index in [1.165, 1.54) is 0 Å². The summed E-state index contributed by atoms with van der Waals surface area (Å²) < 4.78 is 0. The fraction of sp³-hybridized carbons (Fsp3) is 0.552. The predicted molar refractivity (Wildman–Crippen MR) is 147 cm³/mol. The molecule has 5 atom stereocenters. The van der Waals surface area contributed by atoms with E-state index in [1.54, 1.807) is 25.1 Å². The Labute approximate surface area is 233 Å². The van der Waals surface area contributed by atoms with Crippen molar-refractivity contribution >= 4 is 23.2 Å². The van der Waals surface area contributed by atoms with Crippen LogP contribution in [0.1, 0.15) is 53.7 Å². The molecule has 1 aliphatic heterocycles. The zero-order chi connectivity index (χ0) is 29.4. The van der Waals surface area contributed by atoms with Gasteiger partial charge in [0, 0.05) is 36.3 Å². The summed E-state index contributed by atoms with van der Waals surface area (Å²) in [6.45, 7) is 3.63. The van der Waals surface area contributed by atoms with Crippen molar-refractivity contribution in [1.29, 1.82) is 0 Å². The Morgan fingerprint density at radius 3 is 2.40 bits per heavy atom. The van der Waals surface area contributed by atoms with Gasteiger partial charge < -0.3 is 36.0 Å². The van der Waals surface area contributed by atoms with Crippen molar-refractivity contribution in [3.05, 3.63) is 45.4 Å². The van der Waals surface area contributed by atoms with Gasteiger partial charge in [-0.1, -0.05) is 6.92 Å². The van der Waals surface area contributed by atoms with Crippen LogP contribution in [0.15, 0.2) is 28.7 Å². The predicted octanol–water partition coefficient (Wildman–Crippen LogP) is 1.34. The van der Waals surface area contributed by atoms with E-state index in [0.717, 1.165) is 37.2 Å². The Kier molecular flexibility index (Phi) is 6.75. The van der Waals surface area contributed by atoms with Crippen molar-refractivity contribution in [2.45, 2.75) is 50.3 Å². The number of hydrogen-bond donors (Lipinski definition) is 5. The number of nitrogens with zero attached hydrogens (tertiary/aromatic N) is 3. The Morgan fingerprint density at radius 2 is 1.82 bits per heavy atom. The summed E-state index contributed by atoms with van der Waals surface area (Å²) >= 11 is 0. The maximum Gasteiger partial charge on any atom is 0.255 e. The van der Waals surface area contributed by atoms with Crippen molar-refractivity contribution < 1.29 is 34.8 Å². The van der Waals surface area contributed by atoms with Gasteiger partial charge in [-0.2, -0.15) is 0 Å². The Hall–Kier alpha value is -3.41. The van der Waals surface area contributed by atoms with E-state index in [4.69, 9.17) is 5.73 Å². The highest BCUT2D eigenvalue weighted by Gasteiger charge is 2.63. The first-order chi connectivity index (χ1) is 18.8. The van der Waals surface area contributed by atoms with E-state index in [0.29, 0.717) is 5.56 Å². The summed E-state index contributed by atoms with van der Waals surface area (Å²) in [5.41, 5.74) is 4.40. The molecule has 0 aromatic heterocycles. The summed E-state index contributed by atoms with van der Waals surface area (Å²) in [7, 11) is 7.19. The number of anilines is 1. The number of aliphatic hydroxyl groups excluding tert-OH is 2. The number of carbonyl (C=O) groups excluding carboxylic acids is 3. The van der Waals surface area contributed by atoms with Gasteiger partial charge in [0.2, 0.25) is 5.78 Å². The van der Waals surface area contributed by atoms with Crippen molar-refractivity contribution in [2.75, 3.05) is 46.2 Å². The third-order valence-corrected chi connectivity index (χ3v) is 9.19. The first-order valence-corrected chi connectivity index (χ1v) is 13.7. The molecule has 1 heterocycles. The number of likely N-dealkylation sites (N-methyl/N-ethyl adjacent to an activating group) is 1. The number of allylic oxidation sites excluding steroid dienone is 1. The molecule has 0 saturated heterocycles. The number of ketones is 2. The molecule has 0 radical (unpaired) electrons. The number of benzene rings is 1. The molecule has 5 rings (SSSR count). The molecule has 216 valence electrons. The Morgan fingerprint density at radius 1 is 1.15 bits per heavy atom. The van der Waals surface area contributed by atoms with Crippen LogP contribution in [0.3, 0.4) is 0 Å². The molecule has 11 heteroatoms. The largest absolute Gasteiger partial charge is 0.510 e. The van der Waals surface area contributed by atoms with Gasteiger partial charge in [0.1, 0.15) is 22.8 Å². The van der Waals surface area contributed by atoms with Crippen LogP contribution < -0.4 is 10.6 Å². The lowest BCUT2D eigenvalue weighted by atomic mass is 9.58. The van der Waals surface area contributed by atoms with Crippen LogP contribution in [0.4, 0.5) is 5.69 Å². The van der Waals surface area contributed by atoms with Crippen molar-refractivity contribution in [3.8, 4) is 5.75 Å². The fourth-order valence-corrected chi connectivity index (χ4v) is 7.54. The molecular weight excluding hydrogens is 516 g/mol. The number of aliphatic hydroxyl groups is 3. The van der Waals surface area contributed by atoms with Gasteiger partial charge in [-0.25, -0.2) is 0 Å². The normalized spacial score (nSPS) is 29.9. The minimum Gasteiger partial charge on any atom is -0.510 e. The summed E-state index contributed by atoms with van der Waals surface area (Å²) in [4.78, 5) is 45.6. The van der Waals surface area contributed by atoms with E-state index in [-0.39, 0.29) is 35.8 Å². The van der Waals surface area contributed by atoms with Gasteiger partial charge in [0.05, 0.1) is 11.6 Å². The maximum absolute atomic E-state index is 14.1. The number of hydrogen-bond acceptors (Lipinski definition) is 10. The van der Waals surface area contributed by atoms with Gasteiger partial charge in [-0.15, -0.1) is 0 Å². The van der Waals surface area contributed by atoms with Crippen LogP contribution in [0.2, 0.25) is 0 Å². The van der Waals surface area contributed by atoms with Crippen LogP contribution in [0.5, 0.6) is 5.75 Å². The minimum atomic E-state index is -2.64. The van der Waals surface area contributed by atoms with Crippen molar-refractivity contribution in [1.82, 2.24) is 9.80 Å². The standard InChI is InChI=1S/C29H38N4O7/c1-6-8-33-9-7-17(31(2)3)14-12-18(34)20-15(22(14)33)10-13-11-16-23(32(4)5)25(36)21(28(30)39)27(38)29(16,40)26(37)19(13)24(20)35/h12-13,16-17,23,34,36-37,40H,6-11H2,1-5H3,(H2,30,39)/t13-,16-,17?,23-,29+/m1/s1. The van der Waals surface area contributed by atoms with E-state index in [2.05, 4.69) is 16.7 Å². The molecule has 0 fully saturated rings. The summed E-state index contributed by atoms with van der Waals surface area (Å²) in [5.74, 6) is -6.41. The monoisotopic (exact) mass is 554 g/mol. The molecule has 40 heavy (non-hydrogen) atoms. The Balaban J connectivity index is 1.73. The number of fused-ring (bicyclic) bond motifs is 5. The molecule has 0 saturated carbocycles. The average molecular weight is 555 g/mol. The average Bonchev–Trinajstić information content (AvgIpc) is 2.85. The van der Waals surface area contributed by atoms with Gasteiger partial charge in [-0.3, -0.25) is 19.3 Å². The minimum absolute atomic E-state index is 0.0413. The van der Waals surface area contributed by atoms with Crippen molar-refractivity contribution in [3.63, 3.8) is 0 Å². The number of rotatable bonds is 5. The molecule has 4 aliphatic rings. The van der Waals surface area contributed by atoms with Crippen LogP contribution in [0, 0.1) is 11.8 Å². The smallest absolute Gasteiger partial charge is 0.255 e. The molecule has 1 aromatic carbocycles. The summed E-state index contributed by atoms with van der Waals surface area (Å²) in [5, 5.41) is 45.4. The lowest BCUT2D eigenvalue weighted by Crippen LogP contribution is -2.63. The van der Waals surface area contributed by atoms with Gasteiger partial charge >= 0.3 is 0 Å². The number of amides is 1. The van der Waals surface area contributed by atoms with Crippen LogP contribution in [-0.2, 0) is 16.0 Å². The fourth-order valence-electron chi connectivity index (χ4n) is 7.54. The summed E-state index contributed by atoms with van der Waals surface area (Å²) in [6, 6.07) is 0.647. The number of carbonyl (C=O) groups is 3. The lowest BCUT2D eigenvalue weighted by molar-refractivity contribution is -0.148. The van der Waals surface area contributed by atoms with Gasteiger partial charge in [-0.05, 0) is 77.0 Å². The van der Waals surface area contributed by atoms with E-state index in [1.807, 2.05) is 14.1 Å². The molecule has 0 spiro atoms. The highest BCUT2D eigenvalue weighted by Crippen LogP contribution is 2.54. The lowest BCUT2D eigenvalue weighted by Gasteiger charge is -2.50. The van der Waals surface area contributed by atoms with Gasteiger partial charge in [0.25, 0.3) is 5.91 Å². The second-order valence-electron chi connectivity index (χ2n) is 11.9. The number of phenolic OH excluding ortho intramolecular Hbond substituents is 1. The quantitative estimate of drug-likeness (QED) is 0.335. The van der Waals surface area contributed by atoms with Gasteiger partial charge in [0.15, 0.2) is 11.4 Å². The zero-order valence-corrected chi connectivity index (χ0v) is 23.6. The maximum atomic E-state index is 14.1. The summed E-state index contributed by atoms with van der Waals surface area (Å²) in [6.07, 6.45) is 2.10. The molecule has 1 amide bonds. The number of Topliss-reactive ketones (excluding diaryl/α,β-unsaturated/α-hetero) is 2. The SMILES string of the molecule is CCCN1CCC(N(C)C)c2cc(O)c3c(c21)C[C@@H]1C[C@@H]2[C@@H](N(C)C)C(O)=C(C(N)=O)C(=O)[C@@]2(O)C(O)=C1C3=O. The second-order valence-corrected chi connectivity index (χ2v) is 11.9. The third-order valence-electron chi connectivity index (χ3n) is 9.19. The zero-order valence-electron chi connectivity index (χ0n) is 23.6. The number of nitrogens with two attached hydrogens (primary N) is 1. The molecule has 11 nitrogen and oxygen atoms in total. The molecule has 0 bridgehead atoms. The molecule has 1 aromatic rings. The first-order valence-electron chi connectivity index (χ1n) is 13.7. The van der Waals surface area contributed by atoms with E-state index >= 15 is 0 Å². The van der Waals surface area contributed by atoms with Crippen LogP contribution in [0.25, 0.3) is 0 Å². The van der Waals surface area contributed by atoms with Crippen LogP contribution in [-0.4, -0.2) is 101 Å². The third kappa shape index (κ3) is 3.71. The molecule has 1 unspecified atom stereocenters. The number of primary amides is 1. The van der Waals surface area contributed by atoms with E-state index < -0.39 is 58.0 Å². The first kappa shape index (κ1) is 28.1. The second kappa shape index (κ2) is 9.60. The molecule has 3 aliphatic carbocycles. The van der Waals surface area contributed by atoms with Crippen LogP contribution >= 0.6 is 0 Å². The Bertz CT molecular complexity index is 1380. The topological polar surface area (TPSA) is 168 Å². The number of aromatic hydroxyl groups is 1. The molecule has 6 N–H and O–H groups in total.